The number of aromatic nitrogens is 2. The lowest BCUT2D eigenvalue weighted by Gasteiger charge is -2.16. The summed E-state index contributed by atoms with van der Waals surface area (Å²) in [7, 11) is 0. The van der Waals surface area contributed by atoms with Gasteiger partial charge in [0.15, 0.2) is 6.23 Å². The van der Waals surface area contributed by atoms with Crippen LogP contribution in [0.4, 0.5) is 0 Å². The second-order valence-electron chi connectivity index (χ2n) is 3.72. The summed E-state index contributed by atoms with van der Waals surface area (Å²) in [5, 5.41) is 19.3. The first-order chi connectivity index (χ1) is 8.04. The molecule has 1 fully saturated rings. The fraction of sp³-hybridized carbons (Fsp3) is 0.556. The topological polar surface area (TPSA) is 105 Å². The molecule has 2 heterocycles. The Balaban J connectivity index is 2.35. The molecule has 17 heavy (non-hydrogen) atoms. The van der Waals surface area contributed by atoms with Gasteiger partial charge in [-0.2, -0.15) is 0 Å². The maximum atomic E-state index is 11.5. The lowest BCUT2D eigenvalue weighted by molar-refractivity contribution is -0.0343. The Morgan fingerprint density at radius 3 is 2.65 bits per heavy atom. The number of hydrogen-bond donors (Lipinski definition) is 3. The van der Waals surface area contributed by atoms with Gasteiger partial charge in [-0.05, 0) is 0 Å². The zero-order valence-electron chi connectivity index (χ0n) is 8.62. The molecular formula is C9H11ClN2O5. The van der Waals surface area contributed by atoms with Crippen molar-refractivity contribution < 1.29 is 14.9 Å². The van der Waals surface area contributed by atoms with E-state index in [1.807, 2.05) is 4.98 Å². The Morgan fingerprint density at radius 2 is 2.12 bits per heavy atom. The van der Waals surface area contributed by atoms with Crippen molar-refractivity contribution in [3.63, 3.8) is 0 Å². The molecule has 94 valence electrons. The number of halogens is 1. The molecular weight excluding hydrogens is 252 g/mol. The van der Waals surface area contributed by atoms with Crippen LogP contribution in [0.3, 0.4) is 0 Å². The van der Waals surface area contributed by atoms with Crippen LogP contribution in [0.15, 0.2) is 21.9 Å². The molecule has 2 rings (SSSR count). The first kappa shape index (κ1) is 12.3. The Labute approximate surface area is 100 Å². The third kappa shape index (κ3) is 2.14. The number of aliphatic hydroxyl groups is 2. The van der Waals surface area contributed by atoms with Gasteiger partial charge in [0.1, 0.15) is 18.3 Å². The van der Waals surface area contributed by atoms with Gasteiger partial charge in [-0.1, -0.05) is 0 Å². The zero-order chi connectivity index (χ0) is 12.6. The Bertz CT molecular complexity index is 513. The summed E-state index contributed by atoms with van der Waals surface area (Å²) in [6.45, 7) is 0. The summed E-state index contributed by atoms with van der Waals surface area (Å²) in [4.78, 5) is 24.4. The van der Waals surface area contributed by atoms with E-state index in [1.165, 1.54) is 6.20 Å². The van der Waals surface area contributed by atoms with Crippen LogP contribution < -0.4 is 11.2 Å². The van der Waals surface area contributed by atoms with Crippen LogP contribution in [-0.4, -0.2) is 44.0 Å². The summed E-state index contributed by atoms with van der Waals surface area (Å²) in [6, 6.07) is 1.12. The normalized spacial score (nSPS) is 32.9. The molecule has 7 nitrogen and oxygen atoms in total. The van der Waals surface area contributed by atoms with Gasteiger partial charge in [0.05, 0.1) is 5.88 Å². The Kier molecular flexibility index (Phi) is 3.34. The molecule has 0 aliphatic carbocycles. The first-order valence-corrected chi connectivity index (χ1v) is 5.47. The molecule has 0 amide bonds. The fourth-order valence-electron chi connectivity index (χ4n) is 1.71. The molecule has 0 saturated carbocycles. The Hall–Kier alpha value is -1.15. The molecule has 3 N–H and O–H groups in total. The average Bonchev–Trinajstić information content (AvgIpc) is 2.57. The van der Waals surface area contributed by atoms with Gasteiger partial charge in [0.2, 0.25) is 0 Å². The van der Waals surface area contributed by atoms with Gasteiger partial charge in [0, 0.05) is 12.3 Å². The molecule has 1 saturated heterocycles. The number of H-pyrrole nitrogens is 1. The van der Waals surface area contributed by atoms with Gasteiger partial charge in [-0.15, -0.1) is 11.6 Å². The van der Waals surface area contributed by atoms with E-state index in [9.17, 15) is 19.8 Å². The van der Waals surface area contributed by atoms with Crippen LogP contribution in [0.5, 0.6) is 0 Å². The molecule has 1 aliphatic heterocycles. The van der Waals surface area contributed by atoms with Crippen molar-refractivity contribution in [3.05, 3.63) is 33.1 Å². The quantitative estimate of drug-likeness (QED) is 0.557. The minimum Gasteiger partial charge on any atom is -0.387 e. The highest BCUT2D eigenvalue weighted by atomic mass is 35.5. The van der Waals surface area contributed by atoms with Crippen LogP contribution >= 0.6 is 11.6 Å². The van der Waals surface area contributed by atoms with Crippen LogP contribution in [-0.2, 0) is 4.74 Å². The van der Waals surface area contributed by atoms with E-state index in [4.69, 9.17) is 16.3 Å². The summed E-state index contributed by atoms with van der Waals surface area (Å²) in [5.41, 5.74) is -1.27. The van der Waals surface area contributed by atoms with E-state index in [2.05, 4.69) is 0 Å². The van der Waals surface area contributed by atoms with E-state index in [0.717, 1.165) is 10.6 Å². The number of ether oxygens (including phenoxy) is 1. The lowest BCUT2D eigenvalue weighted by Crippen LogP contribution is -2.37. The highest BCUT2D eigenvalue weighted by molar-refractivity contribution is 6.18. The number of hydrogen-bond acceptors (Lipinski definition) is 5. The van der Waals surface area contributed by atoms with E-state index in [-0.39, 0.29) is 5.88 Å². The van der Waals surface area contributed by atoms with Crippen LogP contribution in [0.1, 0.15) is 6.23 Å². The zero-order valence-corrected chi connectivity index (χ0v) is 9.37. The largest absolute Gasteiger partial charge is 0.387 e. The van der Waals surface area contributed by atoms with E-state index >= 15 is 0 Å². The molecule has 0 bridgehead atoms. The lowest BCUT2D eigenvalue weighted by atomic mass is 10.1. The summed E-state index contributed by atoms with van der Waals surface area (Å²) < 4.78 is 6.25. The van der Waals surface area contributed by atoms with Crippen molar-refractivity contribution >= 4 is 11.6 Å². The minimum atomic E-state index is -1.28. The maximum absolute atomic E-state index is 11.5. The predicted octanol–water partition coefficient (Wildman–Crippen LogP) is -1.61. The summed E-state index contributed by atoms with van der Waals surface area (Å²) in [5.74, 6) is -0.00711. The van der Waals surface area contributed by atoms with Crippen molar-refractivity contribution in [1.82, 2.24) is 9.55 Å². The van der Waals surface area contributed by atoms with Gasteiger partial charge >= 0.3 is 5.69 Å². The second-order valence-corrected chi connectivity index (χ2v) is 4.03. The molecule has 4 atom stereocenters. The number of nitrogens with one attached hydrogen (secondary N) is 1. The molecule has 1 aromatic heterocycles. The molecule has 0 spiro atoms. The number of aliphatic hydroxyl groups excluding tert-OH is 2. The van der Waals surface area contributed by atoms with Gasteiger partial charge < -0.3 is 14.9 Å². The van der Waals surface area contributed by atoms with Crippen molar-refractivity contribution in [2.45, 2.75) is 24.5 Å². The smallest absolute Gasteiger partial charge is 0.330 e. The third-order valence-corrected chi connectivity index (χ3v) is 2.92. The van der Waals surface area contributed by atoms with Gasteiger partial charge in [0.25, 0.3) is 5.56 Å². The number of nitrogens with zero attached hydrogens (tertiary/aromatic N) is 1. The number of aromatic amines is 1. The fourth-order valence-corrected chi connectivity index (χ4v) is 1.97. The third-order valence-electron chi connectivity index (χ3n) is 2.61. The SMILES string of the molecule is O=c1ccn([C@@H]2O[C@H](CCl)[C@@H](O)[C@@H]2O)c(=O)[nH]1. The molecule has 1 aliphatic rings. The number of alkyl halides is 1. The molecule has 0 unspecified atom stereocenters. The van der Waals surface area contributed by atoms with E-state index in [1.54, 1.807) is 0 Å². The maximum Gasteiger partial charge on any atom is 0.330 e. The van der Waals surface area contributed by atoms with Gasteiger partial charge in [-0.3, -0.25) is 14.3 Å². The molecule has 0 radical (unpaired) electrons. The van der Waals surface area contributed by atoms with Gasteiger partial charge in [-0.25, -0.2) is 4.79 Å². The van der Waals surface area contributed by atoms with Crippen molar-refractivity contribution in [2.24, 2.45) is 0 Å². The number of rotatable bonds is 2. The van der Waals surface area contributed by atoms with E-state index in [0.29, 0.717) is 0 Å². The summed E-state index contributed by atoms with van der Waals surface area (Å²) >= 11 is 5.54. The first-order valence-electron chi connectivity index (χ1n) is 4.93. The van der Waals surface area contributed by atoms with E-state index < -0.39 is 35.8 Å². The predicted molar refractivity (Wildman–Crippen MR) is 58.0 cm³/mol. The minimum absolute atomic E-state index is 0.00711. The van der Waals surface area contributed by atoms with Crippen molar-refractivity contribution in [2.75, 3.05) is 5.88 Å². The standard InChI is InChI=1S/C9H11ClN2O5/c10-3-4-6(14)7(15)8(17-4)12-2-1-5(13)11-9(12)16/h1-2,4,6-8,14-15H,3H2,(H,11,13,16)/t4-,6-,7+,8-/m1/s1. The highest BCUT2D eigenvalue weighted by Crippen LogP contribution is 2.28. The second kappa shape index (κ2) is 4.61. The Morgan fingerprint density at radius 1 is 1.41 bits per heavy atom. The van der Waals surface area contributed by atoms with Crippen LogP contribution in [0, 0.1) is 0 Å². The highest BCUT2D eigenvalue weighted by Gasteiger charge is 2.43. The van der Waals surface area contributed by atoms with Crippen molar-refractivity contribution in [1.29, 1.82) is 0 Å². The molecule has 1 aromatic rings. The molecule has 0 aromatic carbocycles. The van der Waals surface area contributed by atoms with Crippen LogP contribution in [0.2, 0.25) is 0 Å². The monoisotopic (exact) mass is 262 g/mol. The molecule has 8 heteroatoms. The van der Waals surface area contributed by atoms with Crippen molar-refractivity contribution in [3.8, 4) is 0 Å². The summed E-state index contributed by atoms with van der Waals surface area (Å²) in [6.07, 6.45) is -3.06. The average molecular weight is 263 g/mol. The van der Waals surface area contributed by atoms with Crippen LogP contribution in [0.25, 0.3) is 0 Å².